The van der Waals surface area contributed by atoms with E-state index in [4.69, 9.17) is 0 Å². The van der Waals surface area contributed by atoms with Gasteiger partial charge in [0, 0.05) is 6.07 Å². The highest BCUT2D eigenvalue weighted by Gasteiger charge is 2.29. The summed E-state index contributed by atoms with van der Waals surface area (Å²) >= 11 is 0. The Hall–Kier alpha value is -3.72. The zero-order valence-corrected chi connectivity index (χ0v) is 19.6. The molecule has 0 radical (unpaired) electrons. The van der Waals surface area contributed by atoms with Crippen molar-refractivity contribution in [1.29, 1.82) is 0 Å². The number of nitro benzene ring substituents is 1. The van der Waals surface area contributed by atoms with Crippen LogP contribution in [0.1, 0.15) is 22.3 Å². The highest BCUT2D eigenvalue weighted by molar-refractivity contribution is 7.92. The Labute approximate surface area is 193 Å². The molecule has 8 nitrogen and oxygen atoms in total. The number of hydrogen-bond donors (Lipinski definition) is 1. The number of nitro groups is 1. The van der Waals surface area contributed by atoms with Crippen LogP contribution in [0.5, 0.6) is 0 Å². The summed E-state index contributed by atoms with van der Waals surface area (Å²) in [4.78, 5) is 23.7. The van der Waals surface area contributed by atoms with E-state index in [0.29, 0.717) is 5.69 Å². The van der Waals surface area contributed by atoms with Gasteiger partial charge in [0.05, 0.1) is 26.8 Å². The van der Waals surface area contributed by atoms with Gasteiger partial charge in [-0.3, -0.25) is 19.2 Å². The third-order valence-electron chi connectivity index (χ3n) is 5.52. The van der Waals surface area contributed by atoms with Gasteiger partial charge in [0.25, 0.3) is 15.7 Å². The second-order valence-electron chi connectivity index (χ2n) is 7.80. The summed E-state index contributed by atoms with van der Waals surface area (Å²) < 4.78 is 28.2. The van der Waals surface area contributed by atoms with Gasteiger partial charge in [-0.2, -0.15) is 0 Å². The molecular formula is C24H25N3O5S. The summed E-state index contributed by atoms with van der Waals surface area (Å²) in [5.41, 5.74) is 3.32. The summed E-state index contributed by atoms with van der Waals surface area (Å²) in [5, 5.41) is 13.8. The monoisotopic (exact) mass is 467 g/mol. The van der Waals surface area contributed by atoms with Crippen molar-refractivity contribution in [3.63, 3.8) is 0 Å². The zero-order valence-electron chi connectivity index (χ0n) is 18.8. The lowest BCUT2D eigenvalue weighted by Crippen LogP contribution is -2.38. The fourth-order valence-electron chi connectivity index (χ4n) is 3.42. The number of anilines is 2. The largest absolute Gasteiger partial charge is 0.324 e. The predicted molar refractivity (Wildman–Crippen MR) is 128 cm³/mol. The molecule has 3 rings (SSSR count). The van der Waals surface area contributed by atoms with E-state index in [1.54, 1.807) is 31.2 Å². The van der Waals surface area contributed by atoms with E-state index in [0.717, 1.165) is 21.0 Å². The van der Waals surface area contributed by atoms with Crippen molar-refractivity contribution >= 4 is 33.0 Å². The van der Waals surface area contributed by atoms with Crippen LogP contribution < -0.4 is 9.62 Å². The van der Waals surface area contributed by atoms with Crippen LogP contribution in [0.15, 0.2) is 65.6 Å². The molecule has 0 saturated heterocycles. The fraction of sp³-hybridized carbons (Fsp3) is 0.208. The number of hydrogen-bond acceptors (Lipinski definition) is 5. The first-order valence-corrected chi connectivity index (χ1v) is 11.7. The van der Waals surface area contributed by atoms with Gasteiger partial charge in [-0.05, 0) is 63.1 Å². The number of nitrogens with one attached hydrogen (secondary N) is 1. The van der Waals surface area contributed by atoms with E-state index in [1.807, 2.05) is 19.9 Å². The molecule has 0 aromatic heterocycles. The van der Waals surface area contributed by atoms with E-state index < -0.39 is 27.4 Å². The molecule has 0 unspecified atom stereocenters. The maximum Gasteiger partial charge on any atom is 0.274 e. The van der Waals surface area contributed by atoms with Crippen molar-refractivity contribution in [1.82, 2.24) is 0 Å². The number of aryl methyl sites for hydroxylation is 2. The van der Waals surface area contributed by atoms with Crippen LogP contribution in [0.2, 0.25) is 0 Å². The normalized spacial score (nSPS) is 11.2. The average Bonchev–Trinajstić information content (AvgIpc) is 2.76. The van der Waals surface area contributed by atoms with Gasteiger partial charge in [0.15, 0.2) is 0 Å². The smallest absolute Gasteiger partial charge is 0.274 e. The SMILES string of the molecule is Cc1ccc(S(=O)(=O)N(CC(=O)Nc2cccc([N+](=O)[O-])c2C)c2cccc(C)c2C)cc1. The first-order chi connectivity index (χ1) is 15.5. The molecule has 3 aromatic rings. The van der Waals surface area contributed by atoms with Gasteiger partial charge in [0.1, 0.15) is 6.54 Å². The Morgan fingerprint density at radius 2 is 1.58 bits per heavy atom. The highest BCUT2D eigenvalue weighted by atomic mass is 32.2. The summed E-state index contributed by atoms with van der Waals surface area (Å²) in [7, 11) is -4.06. The minimum atomic E-state index is -4.06. The number of carbonyl (C=O) groups excluding carboxylic acids is 1. The lowest BCUT2D eigenvalue weighted by Gasteiger charge is -2.26. The van der Waals surface area contributed by atoms with Gasteiger partial charge in [0.2, 0.25) is 5.91 Å². The molecule has 0 atom stereocenters. The minimum absolute atomic E-state index is 0.0633. The highest BCUT2D eigenvalue weighted by Crippen LogP contribution is 2.29. The van der Waals surface area contributed by atoms with Gasteiger partial charge >= 0.3 is 0 Å². The first-order valence-electron chi connectivity index (χ1n) is 10.2. The Morgan fingerprint density at radius 3 is 2.21 bits per heavy atom. The Bertz CT molecular complexity index is 1320. The number of nitrogens with zero attached hydrogens (tertiary/aromatic N) is 2. The second-order valence-corrected chi connectivity index (χ2v) is 9.66. The molecule has 0 bridgehead atoms. The summed E-state index contributed by atoms with van der Waals surface area (Å²) in [6.45, 7) is 6.54. The average molecular weight is 468 g/mol. The van der Waals surface area contributed by atoms with Gasteiger partial charge < -0.3 is 5.32 Å². The van der Waals surface area contributed by atoms with Crippen molar-refractivity contribution in [3.8, 4) is 0 Å². The first kappa shape index (κ1) is 23.9. The molecule has 3 aromatic carbocycles. The van der Waals surface area contributed by atoms with Crippen LogP contribution in [0.3, 0.4) is 0 Å². The number of benzene rings is 3. The molecule has 172 valence electrons. The summed E-state index contributed by atoms with van der Waals surface area (Å²) in [5.74, 6) is -0.616. The van der Waals surface area contributed by atoms with Crippen LogP contribution >= 0.6 is 0 Å². The van der Waals surface area contributed by atoms with Gasteiger partial charge in [-0.15, -0.1) is 0 Å². The van der Waals surface area contributed by atoms with Gasteiger partial charge in [-0.1, -0.05) is 35.9 Å². The predicted octanol–water partition coefficient (Wildman–Crippen LogP) is 4.66. The molecule has 0 fully saturated rings. The number of carbonyl (C=O) groups is 1. The number of amides is 1. The maximum absolute atomic E-state index is 13.6. The van der Waals surface area contributed by atoms with E-state index in [2.05, 4.69) is 5.32 Å². The topological polar surface area (TPSA) is 110 Å². The zero-order chi connectivity index (χ0) is 24.3. The lowest BCUT2D eigenvalue weighted by molar-refractivity contribution is -0.385. The molecular weight excluding hydrogens is 442 g/mol. The summed E-state index contributed by atoms with van der Waals surface area (Å²) in [6, 6.07) is 16.0. The molecule has 33 heavy (non-hydrogen) atoms. The molecule has 0 aliphatic heterocycles. The Balaban J connectivity index is 2.01. The molecule has 0 heterocycles. The molecule has 1 amide bonds. The van der Waals surface area contributed by atoms with Crippen LogP contribution in [0.25, 0.3) is 0 Å². The summed E-state index contributed by atoms with van der Waals surface area (Å²) in [6.07, 6.45) is 0. The third-order valence-corrected chi connectivity index (χ3v) is 7.29. The molecule has 0 aliphatic carbocycles. The minimum Gasteiger partial charge on any atom is -0.324 e. The lowest BCUT2D eigenvalue weighted by atomic mass is 10.1. The van der Waals surface area contributed by atoms with Gasteiger partial charge in [-0.25, -0.2) is 8.42 Å². The number of rotatable bonds is 7. The van der Waals surface area contributed by atoms with Crippen molar-refractivity contribution in [2.24, 2.45) is 0 Å². The Kier molecular flexibility index (Phi) is 6.83. The van der Waals surface area contributed by atoms with E-state index in [1.165, 1.54) is 37.3 Å². The maximum atomic E-state index is 13.6. The van der Waals surface area contributed by atoms with Crippen LogP contribution in [0.4, 0.5) is 17.1 Å². The standard InChI is InChI=1S/C24H25N3O5S/c1-16-11-13-20(14-12-16)33(31,32)26(22-9-5-7-17(2)18(22)3)15-24(28)25-21-8-6-10-23(19(21)4)27(29)30/h5-14H,15H2,1-4H3,(H,25,28). The van der Waals surface area contributed by atoms with Crippen molar-refractivity contribution < 1.29 is 18.1 Å². The quantitative estimate of drug-likeness (QED) is 0.401. The molecule has 9 heteroatoms. The molecule has 0 saturated carbocycles. The third kappa shape index (κ3) is 5.04. The van der Waals surface area contributed by atoms with E-state index in [-0.39, 0.29) is 21.8 Å². The fourth-order valence-corrected chi connectivity index (χ4v) is 4.90. The molecule has 0 aliphatic rings. The van der Waals surface area contributed by atoms with Crippen molar-refractivity contribution in [2.45, 2.75) is 32.6 Å². The molecule has 1 N–H and O–H groups in total. The molecule has 0 spiro atoms. The van der Waals surface area contributed by atoms with Crippen molar-refractivity contribution in [2.75, 3.05) is 16.2 Å². The van der Waals surface area contributed by atoms with E-state index >= 15 is 0 Å². The Morgan fingerprint density at radius 1 is 0.939 bits per heavy atom. The van der Waals surface area contributed by atoms with Crippen LogP contribution in [-0.2, 0) is 14.8 Å². The van der Waals surface area contributed by atoms with E-state index in [9.17, 15) is 23.3 Å². The number of sulfonamides is 1. The van der Waals surface area contributed by atoms with Crippen LogP contribution in [0, 0.1) is 37.8 Å². The second kappa shape index (κ2) is 9.41. The van der Waals surface area contributed by atoms with Crippen LogP contribution in [-0.4, -0.2) is 25.8 Å². The van der Waals surface area contributed by atoms with Crippen molar-refractivity contribution in [3.05, 3.63) is 93.0 Å².